The molecule has 4 nitrogen and oxygen atoms in total. The molecule has 3 fully saturated rings. The van der Waals surface area contributed by atoms with Crippen LogP contribution in [0.15, 0.2) is 0 Å². The normalized spacial score (nSPS) is 31.1. The molecule has 0 atom stereocenters. The Kier molecular flexibility index (Phi) is 1.89. The highest BCUT2D eigenvalue weighted by atomic mass is 16.7. The SMILES string of the molecule is CC1(C(=O)N2CCC3(C2)OCCO3)CC1. The van der Waals surface area contributed by atoms with Gasteiger partial charge >= 0.3 is 0 Å². The van der Waals surface area contributed by atoms with Crippen LogP contribution < -0.4 is 0 Å². The third kappa shape index (κ3) is 1.47. The van der Waals surface area contributed by atoms with Gasteiger partial charge in [-0.15, -0.1) is 0 Å². The van der Waals surface area contributed by atoms with E-state index in [9.17, 15) is 4.79 Å². The fraction of sp³-hybridized carbons (Fsp3) is 0.909. The second-order valence-electron chi connectivity index (χ2n) is 5.14. The second-order valence-corrected chi connectivity index (χ2v) is 5.14. The van der Waals surface area contributed by atoms with Crippen LogP contribution in [0.25, 0.3) is 0 Å². The molecule has 1 amide bonds. The fourth-order valence-corrected chi connectivity index (χ4v) is 2.44. The van der Waals surface area contributed by atoms with Crippen molar-refractivity contribution in [2.45, 2.75) is 32.0 Å². The molecule has 1 saturated carbocycles. The zero-order valence-electron chi connectivity index (χ0n) is 9.12. The van der Waals surface area contributed by atoms with Crippen LogP contribution in [0.5, 0.6) is 0 Å². The maximum Gasteiger partial charge on any atom is 0.228 e. The predicted molar refractivity (Wildman–Crippen MR) is 53.2 cm³/mol. The summed E-state index contributed by atoms with van der Waals surface area (Å²) in [6.07, 6.45) is 2.91. The molecule has 0 bridgehead atoms. The van der Waals surface area contributed by atoms with Gasteiger partial charge in [-0.1, -0.05) is 6.92 Å². The predicted octanol–water partition coefficient (Wildman–Crippen LogP) is 0.762. The second kappa shape index (κ2) is 2.95. The van der Waals surface area contributed by atoms with E-state index in [1.165, 1.54) is 0 Å². The third-order valence-corrected chi connectivity index (χ3v) is 3.81. The Hall–Kier alpha value is -0.610. The van der Waals surface area contributed by atoms with Gasteiger partial charge in [-0.25, -0.2) is 0 Å². The van der Waals surface area contributed by atoms with E-state index in [1.807, 2.05) is 4.90 Å². The van der Waals surface area contributed by atoms with Gasteiger partial charge in [0.1, 0.15) is 0 Å². The monoisotopic (exact) mass is 211 g/mol. The van der Waals surface area contributed by atoms with Crippen LogP contribution in [0.3, 0.4) is 0 Å². The molecule has 0 unspecified atom stereocenters. The Morgan fingerprint density at radius 3 is 2.47 bits per heavy atom. The minimum Gasteiger partial charge on any atom is -0.346 e. The molecule has 1 spiro atoms. The van der Waals surface area contributed by atoms with Crippen LogP contribution in [0, 0.1) is 5.41 Å². The van der Waals surface area contributed by atoms with Crippen molar-refractivity contribution in [3.05, 3.63) is 0 Å². The first kappa shape index (κ1) is 9.60. The highest BCUT2D eigenvalue weighted by molar-refractivity contribution is 5.85. The van der Waals surface area contributed by atoms with Gasteiger partial charge in [0.2, 0.25) is 5.91 Å². The lowest BCUT2D eigenvalue weighted by molar-refractivity contribution is -0.154. The first-order chi connectivity index (χ1) is 7.14. The van der Waals surface area contributed by atoms with E-state index < -0.39 is 5.79 Å². The van der Waals surface area contributed by atoms with Gasteiger partial charge in [0.05, 0.1) is 19.8 Å². The minimum absolute atomic E-state index is 0.0653. The molecule has 4 heteroatoms. The maximum absolute atomic E-state index is 12.1. The van der Waals surface area contributed by atoms with Crippen molar-refractivity contribution in [2.75, 3.05) is 26.3 Å². The zero-order valence-corrected chi connectivity index (χ0v) is 9.12. The number of likely N-dealkylation sites (tertiary alicyclic amines) is 1. The van der Waals surface area contributed by atoms with E-state index in [0.29, 0.717) is 25.7 Å². The summed E-state index contributed by atoms with van der Waals surface area (Å²) >= 11 is 0. The lowest BCUT2D eigenvalue weighted by atomic mass is 10.1. The molecule has 2 heterocycles. The average Bonchev–Trinajstić information content (AvgIpc) is 2.71. The molecule has 0 aromatic carbocycles. The molecular formula is C11H17NO3. The summed E-state index contributed by atoms with van der Waals surface area (Å²) in [5.41, 5.74) is -0.0653. The number of hydrogen-bond acceptors (Lipinski definition) is 3. The van der Waals surface area contributed by atoms with Crippen LogP contribution in [-0.2, 0) is 14.3 Å². The fourth-order valence-electron chi connectivity index (χ4n) is 2.44. The number of ether oxygens (including phenoxy) is 2. The summed E-state index contributed by atoms with van der Waals surface area (Å²) in [6, 6.07) is 0. The Labute approximate surface area is 89.5 Å². The van der Waals surface area contributed by atoms with E-state index in [0.717, 1.165) is 25.8 Å². The van der Waals surface area contributed by atoms with Crippen molar-refractivity contribution in [2.24, 2.45) is 5.41 Å². The van der Waals surface area contributed by atoms with E-state index >= 15 is 0 Å². The molecule has 1 aliphatic carbocycles. The molecule has 2 aliphatic heterocycles. The van der Waals surface area contributed by atoms with Gasteiger partial charge in [0, 0.05) is 18.4 Å². The van der Waals surface area contributed by atoms with Gasteiger partial charge in [0.15, 0.2) is 5.79 Å². The lowest BCUT2D eigenvalue weighted by Gasteiger charge is -2.24. The summed E-state index contributed by atoms with van der Waals surface area (Å²) < 4.78 is 11.2. The quantitative estimate of drug-likeness (QED) is 0.643. The molecule has 15 heavy (non-hydrogen) atoms. The first-order valence-electron chi connectivity index (χ1n) is 5.71. The molecule has 0 radical (unpaired) electrons. The lowest BCUT2D eigenvalue weighted by Crippen LogP contribution is -2.39. The standard InChI is InChI=1S/C11H17NO3/c1-10(2-3-10)9(13)12-5-4-11(8-12)14-6-7-15-11/h2-8H2,1H3. The smallest absolute Gasteiger partial charge is 0.228 e. The Balaban J connectivity index is 1.68. The van der Waals surface area contributed by atoms with Crippen molar-refractivity contribution in [3.63, 3.8) is 0 Å². The summed E-state index contributed by atoms with van der Waals surface area (Å²) in [5.74, 6) is -0.167. The molecule has 84 valence electrons. The number of carbonyl (C=O) groups excluding carboxylic acids is 1. The molecule has 0 N–H and O–H groups in total. The summed E-state index contributed by atoms with van der Waals surface area (Å²) in [6.45, 7) is 4.80. The number of rotatable bonds is 1. The minimum atomic E-state index is -0.457. The Morgan fingerprint density at radius 2 is 1.87 bits per heavy atom. The topological polar surface area (TPSA) is 38.8 Å². The average molecular weight is 211 g/mol. The number of carbonyl (C=O) groups is 1. The number of nitrogens with zero attached hydrogens (tertiary/aromatic N) is 1. The van der Waals surface area contributed by atoms with Crippen molar-refractivity contribution in [1.29, 1.82) is 0 Å². The van der Waals surface area contributed by atoms with Crippen LogP contribution in [0.4, 0.5) is 0 Å². The van der Waals surface area contributed by atoms with E-state index in [-0.39, 0.29) is 5.41 Å². The van der Waals surface area contributed by atoms with E-state index in [4.69, 9.17) is 9.47 Å². The first-order valence-corrected chi connectivity index (χ1v) is 5.71. The number of amides is 1. The Morgan fingerprint density at radius 1 is 1.20 bits per heavy atom. The van der Waals surface area contributed by atoms with Crippen LogP contribution in [-0.4, -0.2) is 42.9 Å². The largest absolute Gasteiger partial charge is 0.346 e. The maximum atomic E-state index is 12.1. The highest BCUT2D eigenvalue weighted by Crippen LogP contribution is 2.47. The molecular weight excluding hydrogens is 194 g/mol. The van der Waals surface area contributed by atoms with Crippen molar-refractivity contribution >= 4 is 5.91 Å². The summed E-state index contributed by atoms with van der Waals surface area (Å²) in [5, 5.41) is 0. The van der Waals surface area contributed by atoms with Gasteiger partial charge in [-0.05, 0) is 12.8 Å². The summed E-state index contributed by atoms with van der Waals surface area (Å²) in [4.78, 5) is 14.0. The van der Waals surface area contributed by atoms with Crippen molar-refractivity contribution < 1.29 is 14.3 Å². The third-order valence-electron chi connectivity index (χ3n) is 3.81. The van der Waals surface area contributed by atoms with Gasteiger partial charge in [-0.2, -0.15) is 0 Å². The highest BCUT2D eigenvalue weighted by Gasteiger charge is 2.52. The molecule has 0 aromatic rings. The van der Waals surface area contributed by atoms with Gasteiger partial charge in [-0.3, -0.25) is 4.79 Å². The van der Waals surface area contributed by atoms with Crippen LogP contribution in [0.2, 0.25) is 0 Å². The van der Waals surface area contributed by atoms with Gasteiger partial charge < -0.3 is 14.4 Å². The summed E-state index contributed by atoms with van der Waals surface area (Å²) in [7, 11) is 0. The zero-order chi connectivity index (χ0) is 10.5. The van der Waals surface area contributed by atoms with Crippen LogP contribution in [0.1, 0.15) is 26.2 Å². The number of hydrogen-bond donors (Lipinski definition) is 0. The van der Waals surface area contributed by atoms with Crippen LogP contribution >= 0.6 is 0 Å². The van der Waals surface area contributed by atoms with E-state index in [1.54, 1.807) is 0 Å². The van der Waals surface area contributed by atoms with Crippen molar-refractivity contribution in [1.82, 2.24) is 4.90 Å². The molecule has 0 aromatic heterocycles. The molecule has 3 rings (SSSR count). The molecule has 2 saturated heterocycles. The molecule has 3 aliphatic rings. The van der Waals surface area contributed by atoms with Crippen molar-refractivity contribution in [3.8, 4) is 0 Å². The van der Waals surface area contributed by atoms with E-state index in [2.05, 4.69) is 6.92 Å². The van der Waals surface area contributed by atoms with Gasteiger partial charge in [0.25, 0.3) is 0 Å². The Bertz CT molecular complexity index is 292.